The van der Waals surface area contributed by atoms with Gasteiger partial charge < -0.3 is 9.26 Å². The number of unbranched alkanes of at least 4 members (excludes halogenated alkanes) is 2. The van der Waals surface area contributed by atoms with E-state index in [0.29, 0.717) is 49.6 Å². The molecule has 0 amide bonds. The number of carbonyl (C=O) groups excluding carboxylic acids is 2. The van der Waals surface area contributed by atoms with E-state index < -0.39 is 23.1 Å². The Labute approximate surface area is 245 Å². The summed E-state index contributed by atoms with van der Waals surface area (Å²) in [6, 6.07) is 11.7. The van der Waals surface area contributed by atoms with Crippen molar-refractivity contribution in [3.05, 3.63) is 86.7 Å². The molecule has 0 atom stereocenters. The number of nitrogens with zero attached hydrogens (tertiary/aromatic N) is 7. The number of ether oxygens (including phenoxy) is 1. The molecule has 4 heterocycles. The Morgan fingerprint density at radius 2 is 1.72 bits per heavy atom. The third kappa shape index (κ3) is 6.05. The van der Waals surface area contributed by atoms with Gasteiger partial charge >= 0.3 is 11.7 Å². The van der Waals surface area contributed by atoms with Crippen LogP contribution in [-0.4, -0.2) is 45.7 Å². The summed E-state index contributed by atoms with van der Waals surface area (Å²) >= 11 is 0. The lowest BCUT2D eigenvalue weighted by Gasteiger charge is -2.13. The molecule has 0 spiro atoms. The number of aromatic nitrogens is 7. The van der Waals surface area contributed by atoms with E-state index in [1.807, 2.05) is 13.0 Å². The van der Waals surface area contributed by atoms with Crippen LogP contribution >= 0.6 is 0 Å². The molecule has 0 saturated heterocycles. The molecule has 0 radical (unpaired) electrons. The van der Waals surface area contributed by atoms with E-state index in [0.717, 1.165) is 11.0 Å². The monoisotopic (exact) mass is 585 g/mol. The Kier molecular flexibility index (Phi) is 8.69. The highest BCUT2D eigenvalue weighted by molar-refractivity contribution is 6.03. The fourth-order valence-electron chi connectivity index (χ4n) is 4.82. The molecule has 222 valence electrons. The number of esters is 1. The van der Waals surface area contributed by atoms with Gasteiger partial charge in [0.05, 0.1) is 5.56 Å². The minimum absolute atomic E-state index is 0.00555. The second kappa shape index (κ2) is 12.8. The maximum atomic E-state index is 13.8. The van der Waals surface area contributed by atoms with Crippen LogP contribution in [0.5, 0.6) is 5.75 Å². The van der Waals surface area contributed by atoms with Crippen molar-refractivity contribution in [2.75, 3.05) is 0 Å². The van der Waals surface area contributed by atoms with E-state index in [4.69, 9.17) is 9.26 Å². The molecule has 0 fully saturated rings. The van der Waals surface area contributed by atoms with Crippen LogP contribution in [0.3, 0.4) is 0 Å². The number of aryl methyl sites for hydroxylation is 3. The van der Waals surface area contributed by atoms with Gasteiger partial charge in [-0.1, -0.05) is 36.7 Å². The van der Waals surface area contributed by atoms with Crippen molar-refractivity contribution < 1.29 is 18.8 Å². The molecule has 4 aromatic heterocycles. The summed E-state index contributed by atoms with van der Waals surface area (Å²) < 4.78 is 14.3. The number of pyridine rings is 1. The number of para-hydroxylation sites is 1. The quantitative estimate of drug-likeness (QED) is 0.128. The van der Waals surface area contributed by atoms with Gasteiger partial charge in [0.25, 0.3) is 17.4 Å². The predicted molar refractivity (Wildman–Crippen MR) is 156 cm³/mol. The van der Waals surface area contributed by atoms with Crippen LogP contribution in [0.25, 0.3) is 22.7 Å². The second-order valence-corrected chi connectivity index (χ2v) is 9.99. The fourth-order valence-corrected chi connectivity index (χ4v) is 4.82. The van der Waals surface area contributed by atoms with Crippen LogP contribution in [-0.2, 0) is 24.3 Å². The summed E-state index contributed by atoms with van der Waals surface area (Å²) in [6.07, 6.45) is 4.65. The minimum atomic E-state index is -0.622. The summed E-state index contributed by atoms with van der Waals surface area (Å²) in [6.45, 7) is 5.28. The van der Waals surface area contributed by atoms with Crippen LogP contribution < -0.4 is 16.0 Å². The van der Waals surface area contributed by atoms with Crippen molar-refractivity contribution in [3.8, 4) is 17.3 Å². The first-order chi connectivity index (χ1) is 20.8. The van der Waals surface area contributed by atoms with E-state index in [1.165, 1.54) is 28.2 Å². The first-order valence-electron chi connectivity index (χ1n) is 14.1. The Bertz CT molecular complexity index is 1900. The van der Waals surface area contributed by atoms with E-state index in [-0.39, 0.29) is 34.8 Å². The van der Waals surface area contributed by atoms with Gasteiger partial charge in [-0.25, -0.2) is 9.78 Å². The number of carbonyl (C=O) groups is 2. The molecule has 0 unspecified atom stereocenters. The average Bonchev–Trinajstić information content (AvgIpc) is 3.61. The van der Waals surface area contributed by atoms with Crippen molar-refractivity contribution in [1.29, 1.82) is 0 Å². The number of fused-ring (bicyclic) bond motifs is 1. The highest BCUT2D eigenvalue weighted by Crippen LogP contribution is 2.22. The highest BCUT2D eigenvalue weighted by atomic mass is 16.5. The highest BCUT2D eigenvalue weighted by Gasteiger charge is 2.26. The van der Waals surface area contributed by atoms with Gasteiger partial charge in [0.2, 0.25) is 0 Å². The molecule has 0 N–H and O–H groups in total. The predicted octanol–water partition coefficient (Wildman–Crippen LogP) is 3.55. The number of benzene rings is 1. The van der Waals surface area contributed by atoms with Crippen molar-refractivity contribution in [2.24, 2.45) is 0 Å². The van der Waals surface area contributed by atoms with E-state index in [2.05, 4.69) is 20.1 Å². The summed E-state index contributed by atoms with van der Waals surface area (Å²) in [5, 5.41) is 4.01. The number of rotatable bonds is 11. The van der Waals surface area contributed by atoms with Crippen LogP contribution in [0.4, 0.5) is 0 Å². The Hall–Kier alpha value is -5.20. The summed E-state index contributed by atoms with van der Waals surface area (Å²) in [5.74, 6) is -0.0697. The summed E-state index contributed by atoms with van der Waals surface area (Å²) in [4.78, 5) is 65.9. The van der Waals surface area contributed by atoms with Crippen LogP contribution in [0, 0.1) is 6.92 Å². The maximum Gasteiger partial charge on any atom is 0.332 e. The van der Waals surface area contributed by atoms with Crippen molar-refractivity contribution in [3.63, 3.8) is 0 Å². The largest absolute Gasteiger partial charge is 0.426 e. The molecule has 43 heavy (non-hydrogen) atoms. The second-order valence-electron chi connectivity index (χ2n) is 9.99. The Morgan fingerprint density at radius 3 is 2.47 bits per heavy atom. The van der Waals surface area contributed by atoms with Crippen LogP contribution in [0.2, 0.25) is 0 Å². The zero-order valence-corrected chi connectivity index (χ0v) is 24.1. The topological polar surface area (TPSA) is 157 Å². The van der Waals surface area contributed by atoms with Crippen molar-refractivity contribution in [1.82, 2.24) is 33.8 Å². The molecular weight excluding hydrogens is 554 g/mol. The smallest absolute Gasteiger partial charge is 0.332 e. The normalized spacial score (nSPS) is 11.2. The molecule has 0 aliphatic carbocycles. The van der Waals surface area contributed by atoms with Gasteiger partial charge in [-0.05, 0) is 50.5 Å². The van der Waals surface area contributed by atoms with Crippen LogP contribution in [0.15, 0.2) is 62.8 Å². The average molecular weight is 586 g/mol. The van der Waals surface area contributed by atoms with Gasteiger partial charge in [-0.15, -0.1) is 0 Å². The zero-order valence-electron chi connectivity index (χ0n) is 24.1. The Balaban J connectivity index is 1.46. The van der Waals surface area contributed by atoms with Gasteiger partial charge in [-0.3, -0.25) is 33.1 Å². The van der Waals surface area contributed by atoms with Gasteiger partial charge in [-0.2, -0.15) is 4.98 Å². The summed E-state index contributed by atoms with van der Waals surface area (Å²) in [7, 11) is 0. The molecule has 13 nitrogen and oxygen atoms in total. The molecule has 13 heteroatoms. The Morgan fingerprint density at radius 1 is 0.953 bits per heavy atom. The molecular formula is C30H31N7O6. The molecule has 0 bridgehead atoms. The van der Waals surface area contributed by atoms with Crippen molar-refractivity contribution >= 4 is 23.0 Å². The molecule has 5 aromatic rings. The maximum absolute atomic E-state index is 13.8. The number of imidazole rings is 1. The van der Waals surface area contributed by atoms with E-state index in [1.54, 1.807) is 37.4 Å². The van der Waals surface area contributed by atoms with E-state index in [9.17, 15) is 19.2 Å². The van der Waals surface area contributed by atoms with Gasteiger partial charge in [0.15, 0.2) is 17.0 Å². The fraction of sp³-hybridized carbons (Fsp3) is 0.333. The first kappa shape index (κ1) is 29.3. The van der Waals surface area contributed by atoms with Crippen molar-refractivity contribution in [2.45, 2.75) is 66.0 Å². The molecule has 0 aliphatic rings. The summed E-state index contributed by atoms with van der Waals surface area (Å²) in [5.41, 5.74) is -0.310. The van der Waals surface area contributed by atoms with Crippen LogP contribution in [0.1, 0.15) is 61.5 Å². The first-order valence-corrected chi connectivity index (χ1v) is 14.1. The third-order valence-corrected chi connectivity index (χ3v) is 6.89. The lowest BCUT2D eigenvalue weighted by molar-refractivity contribution is -0.131. The van der Waals surface area contributed by atoms with E-state index >= 15 is 0 Å². The molecule has 0 aliphatic heterocycles. The third-order valence-electron chi connectivity index (χ3n) is 6.89. The van der Waals surface area contributed by atoms with Gasteiger partial charge in [0.1, 0.15) is 17.3 Å². The molecule has 1 aromatic carbocycles. The molecule has 5 rings (SSSR count). The lowest BCUT2D eigenvalue weighted by atomic mass is 10.2. The molecule has 0 saturated carbocycles. The SMILES string of the molecule is CCCCn1c(=O)n(CCCCc2noc(-c3ccccn3)n2)c(=O)c2c1nc(C)n2C(=O)c1ccccc1OC(C)=O. The number of hydrogen-bond donors (Lipinski definition) is 0. The number of hydrogen-bond acceptors (Lipinski definition) is 10. The van der Waals surface area contributed by atoms with Gasteiger partial charge in [0, 0.05) is 32.6 Å². The standard InChI is InChI=1S/C30H31N7O6/c1-4-5-17-35-26-25(37(19(2)32-26)28(39)21-12-6-7-14-23(21)42-20(3)38)29(40)36(30(35)41)18-11-9-15-24-33-27(43-34-24)22-13-8-10-16-31-22/h6-8,10,12-14,16H,4-5,9,11,15,17-18H2,1-3H3. The minimum Gasteiger partial charge on any atom is -0.426 e. The zero-order chi connectivity index (χ0) is 30.5. The lowest BCUT2D eigenvalue weighted by Crippen LogP contribution is -2.41.